The van der Waals surface area contributed by atoms with Gasteiger partial charge in [0, 0.05) is 6.20 Å². The predicted octanol–water partition coefficient (Wildman–Crippen LogP) is 3.22. The minimum absolute atomic E-state index is 0.160. The second-order valence-electron chi connectivity index (χ2n) is 6.02. The Bertz CT molecular complexity index is 1180. The highest BCUT2D eigenvalue weighted by Gasteiger charge is 2.17. The summed E-state index contributed by atoms with van der Waals surface area (Å²) in [6.45, 7) is 3.70. The fraction of sp³-hybridized carbons (Fsp3) is 0.222. The topological polar surface area (TPSA) is 65.1 Å². The number of aryl methyl sites for hydroxylation is 1. The van der Waals surface area contributed by atoms with E-state index in [0.717, 1.165) is 5.56 Å². The van der Waals surface area contributed by atoms with E-state index in [1.54, 1.807) is 34.3 Å². The van der Waals surface area contributed by atoms with Crippen LogP contribution in [0.3, 0.4) is 0 Å². The third-order valence-corrected chi connectivity index (χ3v) is 5.02. The van der Waals surface area contributed by atoms with Gasteiger partial charge in [0.1, 0.15) is 5.82 Å². The van der Waals surface area contributed by atoms with Gasteiger partial charge in [0.2, 0.25) is 5.16 Å². The lowest BCUT2D eigenvalue weighted by atomic mass is 10.1. The maximum absolute atomic E-state index is 13.2. The molecular formula is C18H16FN5OS. The molecule has 6 nitrogen and oxygen atoms in total. The molecule has 0 aliphatic rings. The smallest absolute Gasteiger partial charge is 0.262 e. The predicted molar refractivity (Wildman–Crippen MR) is 99.3 cm³/mol. The van der Waals surface area contributed by atoms with Crippen molar-refractivity contribution >= 4 is 28.4 Å². The van der Waals surface area contributed by atoms with Gasteiger partial charge in [-0.3, -0.25) is 4.79 Å². The Kier molecular flexibility index (Phi) is 3.99. The van der Waals surface area contributed by atoms with Crippen molar-refractivity contribution in [2.24, 2.45) is 0 Å². The van der Waals surface area contributed by atoms with Crippen LogP contribution in [0.25, 0.3) is 16.7 Å². The molecule has 1 unspecified atom stereocenters. The molecule has 0 spiro atoms. The fourth-order valence-electron chi connectivity index (χ4n) is 3.08. The van der Waals surface area contributed by atoms with Gasteiger partial charge in [-0.1, -0.05) is 23.9 Å². The van der Waals surface area contributed by atoms with E-state index in [4.69, 9.17) is 0 Å². The number of benzene rings is 1. The van der Waals surface area contributed by atoms with E-state index in [1.165, 1.54) is 23.9 Å². The molecule has 0 N–H and O–H groups in total. The second-order valence-corrected chi connectivity index (χ2v) is 6.80. The van der Waals surface area contributed by atoms with Gasteiger partial charge in [-0.2, -0.15) is 9.50 Å². The van der Waals surface area contributed by atoms with E-state index < -0.39 is 0 Å². The molecule has 4 aromatic rings. The molecular weight excluding hydrogens is 353 g/mol. The van der Waals surface area contributed by atoms with E-state index in [-0.39, 0.29) is 17.4 Å². The second kappa shape index (κ2) is 6.21. The van der Waals surface area contributed by atoms with E-state index in [1.807, 2.05) is 19.2 Å². The van der Waals surface area contributed by atoms with Crippen LogP contribution in [-0.4, -0.2) is 30.4 Å². The van der Waals surface area contributed by atoms with E-state index in [9.17, 15) is 9.18 Å². The van der Waals surface area contributed by atoms with Crippen LogP contribution in [0.4, 0.5) is 4.39 Å². The first-order chi connectivity index (χ1) is 12.5. The zero-order chi connectivity index (χ0) is 18.4. The molecule has 1 aromatic carbocycles. The van der Waals surface area contributed by atoms with Crippen molar-refractivity contribution in [2.45, 2.75) is 25.0 Å². The van der Waals surface area contributed by atoms with Gasteiger partial charge in [-0.15, -0.1) is 5.10 Å². The van der Waals surface area contributed by atoms with Crippen LogP contribution in [-0.2, 0) is 0 Å². The number of nitrogens with zero attached hydrogens (tertiary/aromatic N) is 5. The van der Waals surface area contributed by atoms with Crippen LogP contribution in [0.5, 0.6) is 0 Å². The van der Waals surface area contributed by atoms with Crippen LogP contribution >= 0.6 is 11.8 Å². The van der Waals surface area contributed by atoms with Crippen LogP contribution < -0.4 is 5.56 Å². The molecule has 0 radical (unpaired) electrons. The number of hydrogen-bond acceptors (Lipinski definition) is 5. The standard InChI is InChI=1S/C18H16FN5OS/c1-10-15-14(24-17(20-10)21-18(22-24)26-3)8-9-23(16(15)25)11(2)12-4-6-13(19)7-5-12/h4-9,11H,1-3H3. The van der Waals surface area contributed by atoms with Gasteiger partial charge < -0.3 is 4.57 Å². The highest BCUT2D eigenvalue weighted by Crippen LogP contribution is 2.21. The van der Waals surface area contributed by atoms with Gasteiger partial charge in [-0.25, -0.2) is 9.37 Å². The molecule has 0 bridgehead atoms. The van der Waals surface area contributed by atoms with Gasteiger partial charge in [0.15, 0.2) is 0 Å². The highest BCUT2D eigenvalue weighted by atomic mass is 32.2. The zero-order valence-corrected chi connectivity index (χ0v) is 15.3. The zero-order valence-electron chi connectivity index (χ0n) is 14.5. The molecule has 1 atom stereocenters. The number of hydrogen-bond donors (Lipinski definition) is 0. The quantitative estimate of drug-likeness (QED) is 0.519. The first-order valence-electron chi connectivity index (χ1n) is 8.07. The van der Waals surface area contributed by atoms with Crippen molar-refractivity contribution in [2.75, 3.05) is 6.26 Å². The lowest BCUT2D eigenvalue weighted by Gasteiger charge is -2.17. The third kappa shape index (κ3) is 2.57. The fourth-order valence-corrected chi connectivity index (χ4v) is 3.41. The maximum atomic E-state index is 13.2. The number of aromatic nitrogens is 5. The first-order valence-corrected chi connectivity index (χ1v) is 9.29. The summed E-state index contributed by atoms with van der Waals surface area (Å²) in [6, 6.07) is 7.78. The van der Waals surface area contributed by atoms with Crippen LogP contribution in [0.2, 0.25) is 0 Å². The average Bonchev–Trinajstić information content (AvgIpc) is 3.05. The summed E-state index contributed by atoms with van der Waals surface area (Å²) in [5.74, 6) is 0.174. The van der Waals surface area contributed by atoms with Gasteiger partial charge in [0.25, 0.3) is 11.3 Å². The number of halogens is 1. The molecule has 4 rings (SSSR count). The largest absolute Gasteiger partial charge is 0.308 e. The van der Waals surface area contributed by atoms with Crippen molar-refractivity contribution in [1.82, 2.24) is 24.1 Å². The minimum Gasteiger partial charge on any atom is -0.308 e. The molecule has 132 valence electrons. The van der Waals surface area contributed by atoms with Gasteiger partial charge in [-0.05, 0) is 43.9 Å². The van der Waals surface area contributed by atoms with Crippen molar-refractivity contribution in [3.8, 4) is 0 Å². The summed E-state index contributed by atoms with van der Waals surface area (Å²) >= 11 is 1.42. The number of thioether (sulfide) groups is 1. The SMILES string of the molecule is CSc1nc2nc(C)c3c(=O)n(C(C)c4ccc(F)cc4)ccc3n2n1. The molecule has 0 aliphatic carbocycles. The third-order valence-electron chi connectivity index (χ3n) is 4.48. The summed E-state index contributed by atoms with van der Waals surface area (Å²) in [5, 5.41) is 5.51. The number of rotatable bonds is 3. The summed E-state index contributed by atoms with van der Waals surface area (Å²) in [4.78, 5) is 21.9. The molecule has 0 saturated heterocycles. The number of pyridine rings is 1. The Labute approximate surface area is 152 Å². The summed E-state index contributed by atoms with van der Waals surface area (Å²) < 4.78 is 16.4. The minimum atomic E-state index is -0.301. The van der Waals surface area contributed by atoms with Crippen molar-refractivity contribution < 1.29 is 4.39 Å². The van der Waals surface area contributed by atoms with Crippen LogP contribution in [0.15, 0.2) is 46.5 Å². The maximum Gasteiger partial charge on any atom is 0.262 e. The average molecular weight is 369 g/mol. The summed E-state index contributed by atoms with van der Waals surface area (Å²) in [5.41, 5.74) is 1.98. The van der Waals surface area contributed by atoms with Crippen molar-refractivity contribution in [1.29, 1.82) is 0 Å². The summed E-state index contributed by atoms with van der Waals surface area (Å²) in [7, 11) is 0. The van der Waals surface area contributed by atoms with E-state index in [2.05, 4.69) is 15.1 Å². The van der Waals surface area contributed by atoms with E-state index >= 15 is 0 Å². The molecule has 26 heavy (non-hydrogen) atoms. The lowest BCUT2D eigenvalue weighted by Crippen LogP contribution is -2.25. The van der Waals surface area contributed by atoms with Crippen LogP contribution in [0.1, 0.15) is 24.2 Å². The van der Waals surface area contributed by atoms with Crippen molar-refractivity contribution in [3.63, 3.8) is 0 Å². The summed E-state index contributed by atoms with van der Waals surface area (Å²) in [6.07, 6.45) is 3.62. The monoisotopic (exact) mass is 369 g/mol. The van der Waals surface area contributed by atoms with Crippen LogP contribution in [0, 0.1) is 12.7 Å². The van der Waals surface area contributed by atoms with E-state index in [0.29, 0.717) is 27.5 Å². The molecule has 0 aliphatic heterocycles. The molecule has 0 saturated carbocycles. The Morgan fingerprint density at radius 1 is 1.15 bits per heavy atom. The lowest BCUT2D eigenvalue weighted by molar-refractivity contribution is 0.606. The van der Waals surface area contributed by atoms with Crippen molar-refractivity contribution in [3.05, 3.63) is 64.0 Å². The number of fused-ring (bicyclic) bond motifs is 3. The Hall–Kier alpha value is -2.74. The molecule has 3 aromatic heterocycles. The first kappa shape index (κ1) is 16.7. The normalized spacial score (nSPS) is 12.8. The molecule has 8 heteroatoms. The highest BCUT2D eigenvalue weighted by molar-refractivity contribution is 7.98. The molecule has 3 heterocycles. The van der Waals surface area contributed by atoms with Gasteiger partial charge >= 0.3 is 0 Å². The Morgan fingerprint density at radius 2 is 1.88 bits per heavy atom. The Balaban J connectivity index is 1.94. The van der Waals surface area contributed by atoms with Gasteiger partial charge in [0.05, 0.1) is 22.6 Å². The molecule has 0 fully saturated rings. The Morgan fingerprint density at radius 3 is 2.58 bits per heavy atom. The molecule has 0 amide bonds.